The Morgan fingerprint density at radius 2 is 2.24 bits per heavy atom. The topological polar surface area (TPSA) is 91.2 Å². The number of hydrogen-bond donors (Lipinski definition) is 2. The Labute approximate surface area is 172 Å². The fraction of sp³-hybridized carbons (Fsp3) is 0.400. The molecule has 3 aromatic heterocycles. The Morgan fingerprint density at radius 3 is 3.00 bits per heavy atom. The molecule has 1 unspecified atom stereocenters. The van der Waals surface area contributed by atoms with Crippen molar-refractivity contribution in [2.45, 2.75) is 31.7 Å². The normalized spacial score (nSPS) is 18.9. The molecule has 0 radical (unpaired) electrons. The van der Waals surface area contributed by atoms with Crippen LogP contribution in [0.25, 0.3) is 11.1 Å². The van der Waals surface area contributed by atoms with Crippen LogP contribution < -0.4 is 15.8 Å². The van der Waals surface area contributed by atoms with Crippen LogP contribution in [-0.2, 0) is 6.42 Å². The minimum atomic E-state index is -0.0824. The van der Waals surface area contributed by atoms with Crippen LogP contribution >= 0.6 is 11.3 Å². The van der Waals surface area contributed by atoms with E-state index in [0.717, 1.165) is 52.3 Å². The van der Waals surface area contributed by atoms with Gasteiger partial charge in [0.2, 0.25) is 0 Å². The molecule has 0 spiro atoms. The Kier molecular flexibility index (Phi) is 4.76. The lowest BCUT2D eigenvalue weighted by Crippen LogP contribution is -2.44. The Morgan fingerprint density at radius 1 is 1.31 bits per heavy atom. The number of rotatable bonds is 3. The van der Waals surface area contributed by atoms with Crippen LogP contribution in [0, 0.1) is 0 Å². The van der Waals surface area contributed by atoms with Gasteiger partial charge >= 0.3 is 0 Å². The van der Waals surface area contributed by atoms with Gasteiger partial charge in [-0.25, -0.2) is 9.98 Å². The fourth-order valence-corrected chi connectivity index (χ4v) is 4.95. The Balaban J connectivity index is 1.41. The third kappa shape index (κ3) is 3.51. The van der Waals surface area contributed by atoms with E-state index in [1.165, 1.54) is 12.8 Å². The zero-order valence-corrected chi connectivity index (χ0v) is 17.1. The van der Waals surface area contributed by atoms with Crippen LogP contribution in [0.3, 0.4) is 0 Å². The molecule has 0 amide bonds. The summed E-state index contributed by atoms with van der Waals surface area (Å²) in [5, 5.41) is 12.1. The number of aryl methyl sites for hydroxylation is 1. The molecule has 8 nitrogen and oxygen atoms in total. The molecule has 2 aliphatic heterocycles. The standard InChI is InChI=1S/C20H23N7OS/c1-26(15-3-2-7-21-12-15)20-24-16-4-5-17(25-19(16)29-20)27-8-6-13(9-18(27)28)14-10-22-23-11-14/h6,8-11,15,21H,2-5,7,12H2,1H3,(H,22,23). The van der Waals surface area contributed by atoms with E-state index in [1.54, 1.807) is 40.6 Å². The minimum absolute atomic E-state index is 0.0824. The van der Waals surface area contributed by atoms with E-state index in [-0.39, 0.29) is 5.56 Å². The summed E-state index contributed by atoms with van der Waals surface area (Å²) in [5.74, 6) is 0.776. The van der Waals surface area contributed by atoms with Gasteiger partial charge in [0, 0.05) is 50.1 Å². The fourth-order valence-electron chi connectivity index (χ4n) is 3.91. The summed E-state index contributed by atoms with van der Waals surface area (Å²) >= 11 is 1.61. The quantitative estimate of drug-likeness (QED) is 0.693. The van der Waals surface area contributed by atoms with Crippen molar-refractivity contribution in [2.75, 3.05) is 25.0 Å². The molecule has 5 rings (SSSR count). The number of pyridine rings is 1. The molecule has 0 bridgehead atoms. The SMILES string of the molecule is CN(c1nc2c(s1)N=C(n1ccc(-c3cn[nH]c3)cc1=O)CC2)C1CCCNC1. The number of piperidine rings is 1. The zero-order chi connectivity index (χ0) is 19.8. The van der Waals surface area contributed by atoms with Gasteiger partial charge in [-0.1, -0.05) is 11.3 Å². The van der Waals surface area contributed by atoms with Crippen molar-refractivity contribution < 1.29 is 0 Å². The summed E-state index contributed by atoms with van der Waals surface area (Å²) in [6, 6.07) is 4.02. The first-order valence-corrected chi connectivity index (χ1v) is 10.7. The molecule has 0 saturated carbocycles. The third-order valence-corrected chi connectivity index (χ3v) is 6.71. The number of aromatic nitrogens is 4. The van der Waals surface area contributed by atoms with Gasteiger partial charge in [0.15, 0.2) is 5.13 Å². The number of hydrogen-bond acceptors (Lipinski definition) is 7. The van der Waals surface area contributed by atoms with Crippen LogP contribution in [0.1, 0.15) is 25.0 Å². The molecule has 1 atom stereocenters. The molecule has 9 heteroatoms. The first-order valence-electron chi connectivity index (χ1n) is 9.92. The summed E-state index contributed by atoms with van der Waals surface area (Å²) in [4.78, 5) is 24.6. The predicted octanol–water partition coefficient (Wildman–Crippen LogP) is 2.41. The number of nitrogens with one attached hydrogen (secondary N) is 2. The van der Waals surface area contributed by atoms with Gasteiger partial charge in [0.25, 0.3) is 5.56 Å². The van der Waals surface area contributed by atoms with Crippen LogP contribution in [0.2, 0.25) is 0 Å². The van der Waals surface area contributed by atoms with Crippen molar-refractivity contribution >= 4 is 27.3 Å². The molecule has 5 heterocycles. The number of likely N-dealkylation sites (N-methyl/N-ethyl adjacent to an activating group) is 1. The lowest BCUT2D eigenvalue weighted by atomic mass is 10.1. The molecule has 2 aliphatic rings. The summed E-state index contributed by atoms with van der Waals surface area (Å²) in [6.07, 6.45) is 9.17. The van der Waals surface area contributed by atoms with E-state index in [0.29, 0.717) is 12.5 Å². The monoisotopic (exact) mass is 409 g/mol. The molecule has 1 fully saturated rings. The molecule has 29 heavy (non-hydrogen) atoms. The second kappa shape index (κ2) is 7.57. The predicted molar refractivity (Wildman–Crippen MR) is 116 cm³/mol. The molecule has 150 valence electrons. The lowest BCUT2D eigenvalue weighted by molar-refractivity contribution is 0.444. The highest BCUT2D eigenvalue weighted by atomic mass is 32.1. The van der Waals surface area contributed by atoms with Crippen molar-refractivity contribution in [1.29, 1.82) is 0 Å². The van der Waals surface area contributed by atoms with Crippen LogP contribution in [0.15, 0.2) is 40.5 Å². The van der Waals surface area contributed by atoms with E-state index >= 15 is 0 Å². The van der Waals surface area contributed by atoms with Crippen molar-refractivity contribution in [3.05, 3.63) is 46.8 Å². The molecular weight excluding hydrogens is 386 g/mol. The zero-order valence-electron chi connectivity index (χ0n) is 16.3. The largest absolute Gasteiger partial charge is 0.347 e. The van der Waals surface area contributed by atoms with Gasteiger partial charge in [0.05, 0.1) is 11.9 Å². The number of H-pyrrole nitrogens is 1. The highest BCUT2D eigenvalue weighted by molar-refractivity contribution is 7.19. The van der Waals surface area contributed by atoms with Crippen molar-refractivity contribution in [3.63, 3.8) is 0 Å². The summed E-state index contributed by atoms with van der Waals surface area (Å²) in [7, 11) is 2.12. The van der Waals surface area contributed by atoms with Crippen LogP contribution in [0.5, 0.6) is 0 Å². The smallest absolute Gasteiger partial charge is 0.256 e. The highest BCUT2D eigenvalue weighted by Crippen LogP contribution is 2.37. The average Bonchev–Trinajstić information content (AvgIpc) is 3.43. The number of thiazole rings is 1. The molecule has 0 aliphatic carbocycles. The van der Waals surface area contributed by atoms with Gasteiger partial charge < -0.3 is 10.2 Å². The summed E-state index contributed by atoms with van der Waals surface area (Å²) in [5.41, 5.74) is 2.70. The number of anilines is 1. The van der Waals surface area contributed by atoms with Gasteiger partial charge in [0.1, 0.15) is 10.8 Å². The first kappa shape index (κ1) is 18.3. The number of aromatic amines is 1. The van der Waals surface area contributed by atoms with Gasteiger partial charge in [-0.15, -0.1) is 0 Å². The summed E-state index contributed by atoms with van der Waals surface area (Å²) < 4.78 is 1.64. The van der Waals surface area contributed by atoms with E-state index in [4.69, 9.17) is 9.98 Å². The summed E-state index contributed by atoms with van der Waals surface area (Å²) in [6.45, 7) is 2.09. The lowest BCUT2D eigenvalue weighted by Gasteiger charge is -2.31. The van der Waals surface area contributed by atoms with Crippen LogP contribution in [0.4, 0.5) is 10.1 Å². The second-order valence-electron chi connectivity index (χ2n) is 7.50. The number of nitrogens with zero attached hydrogens (tertiary/aromatic N) is 5. The Hall–Kier alpha value is -2.78. The third-order valence-electron chi connectivity index (χ3n) is 5.63. The average molecular weight is 410 g/mol. The molecule has 1 saturated heterocycles. The van der Waals surface area contributed by atoms with Gasteiger partial charge in [-0.3, -0.25) is 14.5 Å². The molecule has 0 aromatic carbocycles. The minimum Gasteiger partial charge on any atom is -0.347 e. The molecular formula is C20H23N7OS. The van der Waals surface area contributed by atoms with E-state index < -0.39 is 0 Å². The van der Waals surface area contributed by atoms with Gasteiger partial charge in [-0.05, 0) is 37.4 Å². The maximum atomic E-state index is 12.7. The van der Waals surface area contributed by atoms with Crippen LogP contribution in [-0.4, -0.2) is 51.8 Å². The first-order chi connectivity index (χ1) is 14.2. The van der Waals surface area contributed by atoms with Crippen molar-refractivity contribution in [3.8, 4) is 11.1 Å². The highest BCUT2D eigenvalue weighted by Gasteiger charge is 2.24. The molecule has 3 aromatic rings. The van der Waals surface area contributed by atoms with E-state index in [2.05, 4.69) is 27.5 Å². The maximum Gasteiger partial charge on any atom is 0.256 e. The van der Waals surface area contributed by atoms with Crippen molar-refractivity contribution in [2.24, 2.45) is 4.99 Å². The number of aliphatic imine (C=N–C) groups is 1. The Bertz CT molecular complexity index is 1090. The van der Waals surface area contributed by atoms with Gasteiger partial charge in [-0.2, -0.15) is 5.10 Å². The molecule has 2 N–H and O–H groups in total. The van der Waals surface area contributed by atoms with Crippen molar-refractivity contribution in [1.82, 2.24) is 25.1 Å². The van der Waals surface area contributed by atoms with E-state index in [1.807, 2.05) is 6.07 Å². The second-order valence-corrected chi connectivity index (χ2v) is 8.45. The number of fused-ring (bicyclic) bond motifs is 1. The maximum absolute atomic E-state index is 12.7. The van der Waals surface area contributed by atoms with E-state index in [9.17, 15) is 4.79 Å².